The first kappa shape index (κ1) is 20.0. The number of hydrogen-bond donors (Lipinski definition) is 1. The number of unbranched alkanes of at least 4 members (excludes halogenated alkanes) is 1. The summed E-state index contributed by atoms with van der Waals surface area (Å²) >= 11 is 0. The molecule has 3 heteroatoms. The molecular formula is C22H36N2O. The third-order valence-electron chi connectivity index (χ3n) is 5.17. The Hall–Kier alpha value is -1.35. The smallest absolute Gasteiger partial charge is 0.227 e. The van der Waals surface area contributed by atoms with Gasteiger partial charge in [0.05, 0.1) is 5.92 Å². The number of rotatable bonds is 9. The molecule has 1 aromatic rings. The summed E-state index contributed by atoms with van der Waals surface area (Å²) in [7, 11) is 0. The maximum atomic E-state index is 12.3. The van der Waals surface area contributed by atoms with E-state index < -0.39 is 0 Å². The lowest BCUT2D eigenvalue weighted by Crippen LogP contribution is -2.32. The van der Waals surface area contributed by atoms with Crippen molar-refractivity contribution in [2.24, 2.45) is 5.92 Å². The summed E-state index contributed by atoms with van der Waals surface area (Å²) in [5.74, 6) is 0.737. The summed E-state index contributed by atoms with van der Waals surface area (Å²) in [6.07, 6.45) is 7.44. The molecule has 1 aliphatic heterocycles. The van der Waals surface area contributed by atoms with E-state index in [9.17, 15) is 4.79 Å². The van der Waals surface area contributed by atoms with Crippen LogP contribution in [0.3, 0.4) is 0 Å². The molecular weight excluding hydrogens is 308 g/mol. The third-order valence-corrected chi connectivity index (χ3v) is 5.17. The molecule has 1 N–H and O–H groups in total. The molecule has 3 nitrogen and oxygen atoms in total. The molecule has 0 saturated carbocycles. The van der Waals surface area contributed by atoms with E-state index in [1.165, 1.54) is 50.9 Å². The highest BCUT2D eigenvalue weighted by Crippen LogP contribution is 2.17. The normalized spacial score (nSPS) is 16.8. The number of likely N-dealkylation sites (tertiary alicyclic amines) is 1. The van der Waals surface area contributed by atoms with Crippen LogP contribution in [-0.2, 0) is 11.2 Å². The second kappa shape index (κ2) is 10.6. The van der Waals surface area contributed by atoms with Crippen molar-refractivity contribution in [1.29, 1.82) is 0 Å². The van der Waals surface area contributed by atoms with E-state index in [0.717, 1.165) is 24.9 Å². The van der Waals surface area contributed by atoms with Crippen LogP contribution in [-0.4, -0.2) is 37.0 Å². The van der Waals surface area contributed by atoms with Crippen LogP contribution in [0.1, 0.15) is 69.9 Å². The van der Waals surface area contributed by atoms with E-state index in [0.29, 0.717) is 5.92 Å². The van der Waals surface area contributed by atoms with Gasteiger partial charge in [-0.2, -0.15) is 0 Å². The predicted molar refractivity (Wildman–Crippen MR) is 106 cm³/mol. The molecule has 0 spiro atoms. The minimum Gasteiger partial charge on any atom is -0.356 e. The minimum absolute atomic E-state index is 0.0739. The topological polar surface area (TPSA) is 32.3 Å². The number of hydrogen-bond acceptors (Lipinski definition) is 2. The van der Waals surface area contributed by atoms with E-state index >= 15 is 0 Å². The van der Waals surface area contributed by atoms with E-state index in [1.807, 2.05) is 6.92 Å². The maximum Gasteiger partial charge on any atom is 0.227 e. The van der Waals surface area contributed by atoms with Crippen molar-refractivity contribution >= 4 is 5.91 Å². The Balaban J connectivity index is 1.65. The highest BCUT2D eigenvalue weighted by Gasteiger charge is 2.15. The van der Waals surface area contributed by atoms with Crippen LogP contribution in [0.2, 0.25) is 0 Å². The number of benzene rings is 1. The first-order valence-electron chi connectivity index (χ1n) is 10.1. The monoisotopic (exact) mass is 344 g/mol. The van der Waals surface area contributed by atoms with E-state index in [1.54, 1.807) is 0 Å². The zero-order chi connectivity index (χ0) is 18.1. The quantitative estimate of drug-likeness (QED) is 0.675. The van der Waals surface area contributed by atoms with E-state index in [-0.39, 0.29) is 11.8 Å². The van der Waals surface area contributed by atoms with Crippen LogP contribution >= 0.6 is 0 Å². The van der Waals surface area contributed by atoms with Gasteiger partial charge in [-0.25, -0.2) is 0 Å². The summed E-state index contributed by atoms with van der Waals surface area (Å²) in [4.78, 5) is 14.9. The van der Waals surface area contributed by atoms with Gasteiger partial charge in [0.15, 0.2) is 0 Å². The molecule has 140 valence electrons. The number of nitrogens with one attached hydrogen (secondary N) is 1. The molecule has 0 aliphatic carbocycles. The van der Waals surface area contributed by atoms with Crippen LogP contribution in [0.4, 0.5) is 0 Å². The maximum absolute atomic E-state index is 12.3. The lowest BCUT2D eigenvalue weighted by atomic mass is 9.96. The Morgan fingerprint density at radius 1 is 1.04 bits per heavy atom. The molecule has 1 amide bonds. The number of carbonyl (C=O) groups excluding carboxylic acids is 1. The van der Waals surface area contributed by atoms with Gasteiger partial charge in [0, 0.05) is 6.54 Å². The standard InChI is InChI=1S/C22H36N2O/c1-18(2)17-20-9-11-21(12-10-20)19(3)22(25)23-13-5-8-16-24-14-6-4-7-15-24/h9-12,18-19H,4-8,13-17H2,1-3H3,(H,23,25)/t19-/m1/s1. The number of nitrogens with zero attached hydrogens (tertiary/aromatic N) is 1. The Labute approximate surface area is 154 Å². The average molecular weight is 345 g/mol. The van der Waals surface area contributed by atoms with Crippen molar-refractivity contribution in [2.75, 3.05) is 26.2 Å². The van der Waals surface area contributed by atoms with Gasteiger partial charge in [-0.05, 0) is 75.7 Å². The van der Waals surface area contributed by atoms with Crippen LogP contribution in [0.5, 0.6) is 0 Å². The SMILES string of the molecule is CC(C)Cc1ccc([C@@H](C)C(=O)NCCCCN2CCCCC2)cc1. The Morgan fingerprint density at radius 3 is 2.36 bits per heavy atom. The molecule has 0 unspecified atom stereocenters. The molecule has 2 rings (SSSR count). The first-order chi connectivity index (χ1) is 12.1. The van der Waals surface area contributed by atoms with Crippen LogP contribution in [0, 0.1) is 5.92 Å². The van der Waals surface area contributed by atoms with Gasteiger partial charge >= 0.3 is 0 Å². The van der Waals surface area contributed by atoms with Crippen molar-refractivity contribution in [3.05, 3.63) is 35.4 Å². The summed E-state index contributed by atoms with van der Waals surface area (Å²) in [6, 6.07) is 8.55. The summed E-state index contributed by atoms with van der Waals surface area (Å²) in [5.41, 5.74) is 2.46. The fourth-order valence-electron chi connectivity index (χ4n) is 3.57. The molecule has 0 bridgehead atoms. The van der Waals surface area contributed by atoms with Gasteiger partial charge in [-0.3, -0.25) is 4.79 Å². The van der Waals surface area contributed by atoms with Gasteiger partial charge < -0.3 is 10.2 Å². The highest BCUT2D eigenvalue weighted by molar-refractivity contribution is 5.83. The average Bonchev–Trinajstić information content (AvgIpc) is 2.61. The largest absolute Gasteiger partial charge is 0.356 e. The first-order valence-corrected chi connectivity index (χ1v) is 10.1. The molecule has 1 saturated heterocycles. The molecule has 0 radical (unpaired) electrons. The second-order valence-corrected chi connectivity index (χ2v) is 7.96. The fraction of sp³-hybridized carbons (Fsp3) is 0.682. The molecule has 1 fully saturated rings. The summed E-state index contributed by atoms with van der Waals surface area (Å²) in [6.45, 7) is 11.0. The van der Waals surface area contributed by atoms with Crippen molar-refractivity contribution in [3.63, 3.8) is 0 Å². The number of piperidine rings is 1. The predicted octanol–water partition coefficient (Wildman–Crippen LogP) is 4.37. The Kier molecular flexibility index (Phi) is 8.47. The molecule has 0 aromatic heterocycles. The zero-order valence-electron chi connectivity index (χ0n) is 16.4. The summed E-state index contributed by atoms with van der Waals surface area (Å²) < 4.78 is 0. The summed E-state index contributed by atoms with van der Waals surface area (Å²) in [5, 5.41) is 3.11. The van der Waals surface area contributed by atoms with Crippen LogP contribution < -0.4 is 5.32 Å². The minimum atomic E-state index is -0.0739. The van der Waals surface area contributed by atoms with Gasteiger partial charge in [-0.1, -0.05) is 44.5 Å². The van der Waals surface area contributed by atoms with Gasteiger partial charge in [0.25, 0.3) is 0 Å². The van der Waals surface area contributed by atoms with E-state index in [2.05, 4.69) is 48.3 Å². The molecule has 1 heterocycles. The Bertz CT molecular complexity index is 503. The van der Waals surface area contributed by atoms with Gasteiger partial charge in [-0.15, -0.1) is 0 Å². The van der Waals surface area contributed by atoms with Gasteiger partial charge in [0.2, 0.25) is 5.91 Å². The van der Waals surface area contributed by atoms with Crippen molar-refractivity contribution in [1.82, 2.24) is 10.2 Å². The second-order valence-electron chi connectivity index (χ2n) is 7.96. The molecule has 1 atom stereocenters. The van der Waals surface area contributed by atoms with Crippen molar-refractivity contribution in [3.8, 4) is 0 Å². The van der Waals surface area contributed by atoms with Crippen molar-refractivity contribution in [2.45, 2.75) is 65.2 Å². The van der Waals surface area contributed by atoms with Crippen LogP contribution in [0.25, 0.3) is 0 Å². The third kappa shape index (κ3) is 7.19. The fourth-order valence-corrected chi connectivity index (χ4v) is 3.57. The van der Waals surface area contributed by atoms with E-state index in [4.69, 9.17) is 0 Å². The Morgan fingerprint density at radius 2 is 1.72 bits per heavy atom. The lowest BCUT2D eigenvalue weighted by molar-refractivity contribution is -0.122. The zero-order valence-corrected chi connectivity index (χ0v) is 16.4. The van der Waals surface area contributed by atoms with Gasteiger partial charge in [0.1, 0.15) is 0 Å². The van der Waals surface area contributed by atoms with Crippen molar-refractivity contribution < 1.29 is 4.79 Å². The number of carbonyl (C=O) groups is 1. The molecule has 1 aromatic carbocycles. The molecule has 25 heavy (non-hydrogen) atoms. The highest BCUT2D eigenvalue weighted by atomic mass is 16.1. The lowest BCUT2D eigenvalue weighted by Gasteiger charge is -2.26. The molecule has 1 aliphatic rings. The number of amides is 1. The van der Waals surface area contributed by atoms with Crippen LogP contribution in [0.15, 0.2) is 24.3 Å².